The molecule has 1 amide bonds. The maximum atomic E-state index is 12.2. The summed E-state index contributed by atoms with van der Waals surface area (Å²) < 4.78 is 4.66. The highest BCUT2D eigenvalue weighted by Crippen LogP contribution is 2.26. The Morgan fingerprint density at radius 2 is 2.09 bits per heavy atom. The average molecular weight is 335 g/mol. The number of thiazole rings is 1. The van der Waals surface area contributed by atoms with Crippen LogP contribution in [0, 0.1) is 10.1 Å². The number of anilines is 1. The fourth-order valence-corrected chi connectivity index (χ4v) is 2.85. The Bertz CT molecular complexity index is 772. The van der Waals surface area contributed by atoms with Gasteiger partial charge in [-0.3, -0.25) is 20.2 Å². The molecular weight excluding hydrogens is 322 g/mol. The fraction of sp³-hybridized carbons (Fsp3) is 0.214. The van der Waals surface area contributed by atoms with Crippen LogP contribution in [0.5, 0.6) is 0 Å². The smallest absolute Gasteiger partial charge is 0.350 e. The van der Waals surface area contributed by atoms with E-state index in [2.05, 4.69) is 15.0 Å². The summed E-state index contributed by atoms with van der Waals surface area (Å²) >= 11 is 0.967. The summed E-state index contributed by atoms with van der Waals surface area (Å²) in [5.74, 6) is -1.20. The number of esters is 1. The van der Waals surface area contributed by atoms with E-state index >= 15 is 0 Å². The summed E-state index contributed by atoms with van der Waals surface area (Å²) in [7, 11) is 1.26. The fourth-order valence-electron chi connectivity index (χ4n) is 1.89. The van der Waals surface area contributed by atoms with Gasteiger partial charge in [0, 0.05) is 6.07 Å². The van der Waals surface area contributed by atoms with Crippen LogP contribution in [0.2, 0.25) is 0 Å². The number of rotatable bonds is 5. The highest BCUT2D eigenvalue weighted by Gasteiger charge is 2.22. The number of hydrogen-bond acceptors (Lipinski definition) is 7. The van der Waals surface area contributed by atoms with E-state index in [-0.39, 0.29) is 16.4 Å². The van der Waals surface area contributed by atoms with E-state index in [1.807, 2.05) is 6.92 Å². The Kier molecular flexibility index (Phi) is 5.02. The number of aromatic nitrogens is 1. The number of carbonyl (C=O) groups is 2. The van der Waals surface area contributed by atoms with E-state index < -0.39 is 16.8 Å². The first-order valence-corrected chi connectivity index (χ1v) is 7.42. The van der Waals surface area contributed by atoms with Gasteiger partial charge in [0.05, 0.1) is 17.7 Å². The number of para-hydroxylation sites is 1. The van der Waals surface area contributed by atoms with Crippen molar-refractivity contribution >= 4 is 34.0 Å². The lowest BCUT2D eigenvalue weighted by Gasteiger charge is -2.02. The number of nitro groups is 1. The molecule has 120 valence electrons. The van der Waals surface area contributed by atoms with Gasteiger partial charge in [-0.05, 0) is 12.5 Å². The second kappa shape index (κ2) is 6.97. The number of nitrogens with one attached hydrogen (secondary N) is 1. The molecule has 0 radical (unpaired) electrons. The molecule has 0 atom stereocenters. The molecule has 0 saturated heterocycles. The van der Waals surface area contributed by atoms with E-state index in [4.69, 9.17) is 0 Å². The number of aryl methyl sites for hydroxylation is 1. The van der Waals surface area contributed by atoms with E-state index in [1.54, 1.807) is 0 Å². The Morgan fingerprint density at radius 3 is 2.70 bits per heavy atom. The van der Waals surface area contributed by atoms with Gasteiger partial charge in [0.15, 0.2) is 5.13 Å². The van der Waals surface area contributed by atoms with Gasteiger partial charge in [-0.25, -0.2) is 9.78 Å². The first-order valence-electron chi connectivity index (χ1n) is 6.60. The van der Waals surface area contributed by atoms with Crippen molar-refractivity contribution in [3.8, 4) is 0 Å². The minimum Gasteiger partial charge on any atom is -0.465 e. The van der Waals surface area contributed by atoms with Gasteiger partial charge in [-0.2, -0.15) is 0 Å². The molecule has 0 spiro atoms. The molecule has 0 bridgehead atoms. The predicted octanol–water partition coefficient (Wildman–Crippen LogP) is 2.65. The van der Waals surface area contributed by atoms with Crippen LogP contribution in [0.4, 0.5) is 10.8 Å². The Morgan fingerprint density at radius 1 is 1.39 bits per heavy atom. The van der Waals surface area contributed by atoms with Crippen LogP contribution < -0.4 is 5.32 Å². The molecule has 1 aromatic heterocycles. The first-order chi connectivity index (χ1) is 11.0. The number of ether oxygens (including phenoxy) is 1. The number of nitrogens with zero attached hydrogens (tertiary/aromatic N) is 2. The van der Waals surface area contributed by atoms with E-state index in [1.165, 1.54) is 31.4 Å². The zero-order chi connectivity index (χ0) is 17.0. The van der Waals surface area contributed by atoms with Gasteiger partial charge in [-0.1, -0.05) is 30.4 Å². The van der Waals surface area contributed by atoms with E-state index in [0.717, 1.165) is 11.3 Å². The lowest BCUT2D eigenvalue weighted by Crippen LogP contribution is -2.13. The zero-order valence-corrected chi connectivity index (χ0v) is 13.2. The second-order valence-electron chi connectivity index (χ2n) is 4.37. The topological polar surface area (TPSA) is 111 Å². The SMILES string of the molecule is CCc1nc(NC(=O)c2ccccc2[N+](=O)[O-])sc1C(=O)OC. The normalized spacial score (nSPS) is 10.2. The molecule has 0 fully saturated rings. The Hall–Kier alpha value is -2.81. The molecule has 0 aliphatic carbocycles. The minimum atomic E-state index is -0.662. The molecule has 0 aliphatic heterocycles. The first kappa shape index (κ1) is 16.6. The molecule has 9 heteroatoms. The van der Waals surface area contributed by atoms with Crippen molar-refractivity contribution in [1.29, 1.82) is 0 Å². The number of amides is 1. The predicted molar refractivity (Wildman–Crippen MR) is 83.9 cm³/mol. The number of nitro benzene ring substituents is 1. The average Bonchev–Trinajstić information content (AvgIpc) is 2.96. The van der Waals surface area contributed by atoms with Crippen molar-refractivity contribution in [1.82, 2.24) is 4.98 Å². The van der Waals surface area contributed by atoms with Crippen LogP contribution in [0.3, 0.4) is 0 Å². The van der Waals surface area contributed by atoms with Crippen LogP contribution >= 0.6 is 11.3 Å². The number of benzene rings is 1. The summed E-state index contributed by atoms with van der Waals surface area (Å²) in [6.45, 7) is 1.81. The molecule has 1 N–H and O–H groups in total. The van der Waals surface area contributed by atoms with Crippen molar-refractivity contribution in [3.05, 3.63) is 50.5 Å². The van der Waals surface area contributed by atoms with Crippen LogP contribution in [0.1, 0.15) is 32.6 Å². The Balaban J connectivity index is 2.29. The van der Waals surface area contributed by atoms with Crippen molar-refractivity contribution < 1.29 is 19.2 Å². The number of hydrogen-bond donors (Lipinski definition) is 1. The molecule has 1 heterocycles. The van der Waals surface area contributed by atoms with Gasteiger partial charge in [0.2, 0.25) is 0 Å². The second-order valence-corrected chi connectivity index (χ2v) is 5.37. The lowest BCUT2D eigenvalue weighted by molar-refractivity contribution is -0.385. The van der Waals surface area contributed by atoms with Crippen molar-refractivity contribution in [3.63, 3.8) is 0 Å². The van der Waals surface area contributed by atoms with Gasteiger partial charge < -0.3 is 4.74 Å². The summed E-state index contributed by atoms with van der Waals surface area (Å²) in [4.78, 5) is 38.7. The number of methoxy groups -OCH3 is 1. The van der Waals surface area contributed by atoms with Crippen LogP contribution in [0.15, 0.2) is 24.3 Å². The minimum absolute atomic E-state index is 0.0784. The van der Waals surface area contributed by atoms with Crippen LogP contribution in [0.25, 0.3) is 0 Å². The Labute approximate surface area is 135 Å². The summed E-state index contributed by atoms with van der Waals surface area (Å²) in [6.07, 6.45) is 0.488. The maximum Gasteiger partial charge on any atom is 0.350 e. The van der Waals surface area contributed by atoms with Crippen molar-refractivity contribution in [2.75, 3.05) is 12.4 Å². The van der Waals surface area contributed by atoms with E-state index in [9.17, 15) is 19.7 Å². The molecule has 0 saturated carbocycles. The maximum absolute atomic E-state index is 12.2. The molecule has 0 aliphatic rings. The third-order valence-corrected chi connectivity index (χ3v) is 3.96. The third kappa shape index (κ3) is 3.51. The number of carbonyl (C=O) groups excluding carboxylic acids is 2. The molecular formula is C14H13N3O5S. The van der Waals surface area contributed by atoms with Crippen LogP contribution in [-0.2, 0) is 11.2 Å². The molecule has 2 aromatic rings. The van der Waals surface area contributed by atoms with Gasteiger partial charge in [0.25, 0.3) is 11.6 Å². The standard InChI is InChI=1S/C14H13N3O5S/c1-3-9-11(13(19)22-2)23-14(15-9)16-12(18)8-6-4-5-7-10(8)17(20)21/h4-7H,3H2,1-2H3,(H,15,16,18). The molecule has 0 unspecified atom stereocenters. The summed E-state index contributed by atoms with van der Waals surface area (Å²) in [6, 6.07) is 5.60. The monoisotopic (exact) mass is 335 g/mol. The molecule has 1 aromatic carbocycles. The highest BCUT2D eigenvalue weighted by molar-refractivity contribution is 7.17. The quantitative estimate of drug-likeness (QED) is 0.511. The van der Waals surface area contributed by atoms with E-state index in [0.29, 0.717) is 17.0 Å². The summed E-state index contributed by atoms with van der Waals surface area (Å²) in [5, 5.41) is 13.6. The van der Waals surface area contributed by atoms with Crippen molar-refractivity contribution in [2.45, 2.75) is 13.3 Å². The third-order valence-electron chi connectivity index (χ3n) is 2.97. The van der Waals surface area contributed by atoms with Gasteiger partial charge in [-0.15, -0.1) is 0 Å². The van der Waals surface area contributed by atoms with Crippen molar-refractivity contribution in [2.24, 2.45) is 0 Å². The van der Waals surface area contributed by atoms with Gasteiger partial charge >= 0.3 is 5.97 Å². The largest absolute Gasteiger partial charge is 0.465 e. The molecule has 2 rings (SSSR count). The lowest BCUT2D eigenvalue weighted by atomic mass is 10.1. The van der Waals surface area contributed by atoms with Crippen LogP contribution in [-0.4, -0.2) is 28.9 Å². The molecule has 8 nitrogen and oxygen atoms in total. The molecule has 23 heavy (non-hydrogen) atoms. The zero-order valence-electron chi connectivity index (χ0n) is 12.4. The van der Waals surface area contributed by atoms with Gasteiger partial charge in [0.1, 0.15) is 10.4 Å². The summed E-state index contributed by atoms with van der Waals surface area (Å²) in [5.41, 5.74) is 0.121. The highest BCUT2D eigenvalue weighted by atomic mass is 32.1.